The second kappa shape index (κ2) is 9.34. The van der Waals surface area contributed by atoms with Crippen molar-refractivity contribution in [1.82, 2.24) is 24.3 Å². The third-order valence-corrected chi connectivity index (χ3v) is 7.00. The molecule has 1 atom stereocenters. The molecule has 28 heavy (non-hydrogen) atoms. The predicted octanol–water partition coefficient (Wildman–Crippen LogP) is 0.387. The molecule has 1 N–H and O–H groups in total. The molecule has 0 spiro atoms. The van der Waals surface area contributed by atoms with E-state index in [0.29, 0.717) is 37.9 Å². The van der Waals surface area contributed by atoms with Crippen molar-refractivity contribution in [1.29, 1.82) is 0 Å². The van der Waals surface area contributed by atoms with Crippen molar-refractivity contribution in [2.75, 3.05) is 52.7 Å². The average Bonchev–Trinajstić information content (AvgIpc) is 3.22. The number of hydrogen-bond donors (Lipinski definition) is 1. The summed E-state index contributed by atoms with van der Waals surface area (Å²) in [5, 5.41) is 6.55. The number of ether oxygens (including phenoxy) is 1. The molecule has 1 amide bonds. The van der Waals surface area contributed by atoms with E-state index < -0.39 is 10.0 Å². The lowest BCUT2D eigenvalue weighted by atomic mass is 9.99. The van der Waals surface area contributed by atoms with E-state index in [0.717, 1.165) is 38.9 Å². The summed E-state index contributed by atoms with van der Waals surface area (Å²) >= 11 is 0. The molecule has 158 valence electrons. The van der Waals surface area contributed by atoms with Gasteiger partial charge in [-0.05, 0) is 31.7 Å². The number of aromatic nitrogens is 2. The molecule has 9 nitrogen and oxygen atoms in total. The fourth-order valence-electron chi connectivity index (χ4n) is 4.12. The van der Waals surface area contributed by atoms with Gasteiger partial charge in [-0.1, -0.05) is 0 Å². The summed E-state index contributed by atoms with van der Waals surface area (Å²) in [6.45, 7) is 3.86. The van der Waals surface area contributed by atoms with Gasteiger partial charge in [-0.3, -0.25) is 14.8 Å². The highest BCUT2D eigenvalue weighted by Gasteiger charge is 2.34. The lowest BCUT2D eigenvalue weighted by molar-refractivity contribution is 0.00316. The van der Waals surface area contributed by atoms with Gasteiger partial charge in [0.1, 0.15) is 5.69 Å². The fourth-order valence-corrected chi connectivity index (χ4v) is 5.02. The molecule has 10 heteroatoms. The third-order valence-electron chi connectivity index (χ3n) is 5.73. The van der Waals surface area contributed by atoms with Gasteiger partial charge in [-0.25, -0.2) is 12.7 Å². The minimum Gasteiger partial charge on any atom is -0.381 e. The van der Waals surface area contributed by atoms with E-state index in [2.05, 4.69) is 15.1 Å². The van der Waals surface area contributed by atoms with Crippen LogP contribution in [0, 0.1) is 0 Å². The Morgan fingerprint density at radius 2 is 2.04 bits per heavy atom. The van der Waals surface area contributed by atoms with E-state index >= 15 is 0 Å². The van der Waals surface area contributed by atoms with Crippen molar-refractivity contribution in [3.63, 3.8) is 0 Å². The van der Waals surface area contributed by atoms with Crippen LogP contribution in [0.25, 0.3) is 0 Å². The highest BCUT2D eigenvalue weighted by Crippen LogP contribution is 2.24. The number of hydrogen-bond acceptors (Lipinski definition) is 6. The first kappa shape index (κ1) is 21.2. The zero-order valence-electron chi connectivity index (χ0n) is 16.7. The van der Waals surface area contributed by atoms with Crippen molar-refractivity contribution in [2.24, 2.45) is 0 Å². The van der Waals surface area contributed by atoms with E-state index in [1.54, 1.807) is 28.5 Å². The minimum absolute atomic E-state index is 0.0918. The third kappa shape index (κ3) is 5.31. The first-order valence-electron chi connectivity index (χ1n) is 9.89. The van der Waals surface area contributed by atoms with Crippen molar-refractivity contribution in [3.05, 3.63) is 18.0 Å². The standard InChI is InChI=1S/C18H31N5O4S/c1-21(18(24)17-5-8-19-20-17)10-11-23(15-6-12-27-13-7-15)16-4-3-9-22(14-16)28(2,25)26/h5,8,15-16H,3-4,6-7,9-14H2,1-2H3,(H,19,20). The van der Waals surface area contributed by atoms with Crippen LogP contribution in [0.5, 0.6) is 0 Å². The predicted molar refractivity (Wildman–Crippen MR) is 106 cm³/mol. The van der Waals surface area contributed by atoms with Crippen molar-refractivity contribution < 1.29 is 17.9 Å². The Hall–Kier alpha value is -1.49. The van der Waals surface area contributed by atoms with Crippen LogP contribution in [-0.4, -0.2) is 103 Å². The summed E-state index contributed by atoms with van der Waals surface area (Å²) in [5.41, 5.74) is 0.473. The number of amides is 1. The SMILES string of the molecule is CN(CCN(C1CCOCC1)C1CCCN(S(C)(=O)=O)C1)C(=O)c1ccn[nH]1. The molecule has 2 aliphatic heterocycles. The Kier molecular flexibility index (Phi) is 7.08. The lowest BCUT2D eigenvalue weighted by Crippen LogP contribution is -2.55. The van der Waals surface area contributed by atoms with Gasteiger partial charge in [-0.15, -0.1) is 0 Å². The van der Waals surface area contributed by atoms with Gasteiger partial charge < -0.3 is 9.64 Å². The van der Waals surface area contributed by atoms with Gasteiger partial charge >= 0.3 is 0 Å². The molecule has 0 saturated carbocycles. The van der Waals surface area contributed by atoms with Gasteiger partial charge in [0, 0.05) is 64.7 Å². The normalized spacial score (nSPS) is 22.5. The number of nitrogens with zero attached hydrogens (tertiary/aromatic N) is 4. The molecule has 1 aromatic heterocycles. The smallest absolute Gasteiger partial charge is 0.271 e. The molecule has 0 aliphatic carbocycles. The Bertz CT molecular complexity index is 733. The van der Waals surface area contributed by atoms with Crippen LogP contribution in [0.15, 0.2) is 12.3 Å². The second-order valence-corrected chi connectivity index (χ2v) is 9.68. The summed E-state index contributed by atoms with van der Waals surface area (Å²) < 4.78 is 31.2. The maximum absolute atomic E-state index is 12.5. The molecule has 1 unspecified atom stereocenters. The number of piperidine rings is 1. The van der Waals surface area contributed by atoms with Gasteiger partial charge in [-0.2, -0.15) is 5.10 Å². The first-order chi connectivity index (χ1) is 13.4. The monoisotopic (exact) mass is 413 g/mol. The van der Waals surface area contributed by atoms with Crippen LogP contribution in [0.1, 0.15) is 36.2 Å². The minimum atomic E-state index is -3.19. The van der Waals surface area contributed by atoms with Crippen LogP contribution in [0.3, 0.4) is 0 Å². The van der Waals surface area contributed by atoms with Gasteiger partial charge in [0.05, 0.1) is 6.26 Å². The highest BCUT2D eigenvalue weighted by atomic mass is 32.2. The lowest BCUT2D eigenvalue weighted by Gasteiger charge is -2.44. The number of H-pyrrole nitrogens is 1. The van der Waals surface area contributed by atoms with Gasteiger partial charge in [0.2, 0.25) is 10.0 Å². The molecular formula is C18H31N5O4S. The molecule has 2 saturated heterocycles. The largest absolute Gasteiger partial charge is 0.381 e. The Morgan fingerprint density at radius 3 is 2.68 bits per heavy atom. The molecular weight excluding hydrogens is 382 g/mol. The van der Waals surface area contributed by atoms with Crippen LogP contribution in [-0.2, 0) is 14.8 Å². The molecule has 0 bridgehead atoms. The van der Waals surface area contributed by atoms with Crippen LogP contribution in [0.2, 0.25) is 0 Å². The Labute approximate surface area is 167 Å². The number of nitrogens with one attached hydrogen (secondary N) is 1. The Balaban J connectivity index is 1.67. The van der Waals surface area contributed by atoms with E-state index in [9.17, 15) is 13.2 Å². The number of sulfonamides is 1. The topological polar surface area (TPSA) is 98.8 Å². The van der Waals surface area contributed by atoms with Gasteiger partial charge in [0.25, 0.3) is 5.91 Å². The first-order valence-corrected chi connectivity index (χ1v) is 11.7. The Morgan fingerprint density at radius 1 is 1.29 bits per heavy atom. The number of carbonyl (C=O) groups is 1. The number of aromatic amines is 1. The fraction of sp³-hybridized carbons (Fsp3) is 0.778. The van der Waals surface area contributed by atoms with Gasteiger partial charge in [0.15, 0.2) is 0 Å². The summed E-state index contributed by atoms with van der Waals surface area (Å²) in [5.74, 6) is -0.0918. The molecule has 2 fully saturated rings. The van der Waals surface area contributed by atoms with E-state index in [4.69, 9.17) is 4.74 Å². The summed E-state index contributed by atoms with van der Waals surface area (Å²) in [7, 11) is -1.40. The molecule has 2 aliphatic rings. The molecule has 0 aromatic carbocycles. The number of rotatable bonds is 7. The quantitative estimate of drug-likeness (QED) is 0.694. The van der Waals surface area contributed by atoms with Crippen molar-refractivity contribution >= 4 is 15.9 Å². The van der Waals surface area contributed by atoms with Crippen molar-refractivity contribution in [2.45, 2.75) is 37.8 Å². The summed E-state index contributed by atoms with van der Waals surface area (Å²) in [6, 6.07) is 2.19. The second-order valence-electron chi connectivity index (χ2n) is 7.70. The summed E-state index contributed by atoms with van der Waals surface area (Å²) in [4.78, 5) is 16.6. The molecule has 3 heterocycles. The average molecular weight is 414 g/mol. The van der Waals surface area contributed by atoms with Crippen LogP contribution in [0.4, 0.5) is 0 Å². The molecule has 0 radical (unpaired) electrons. The van der Waals surface area contributed by atoms with E-state index in [1.807, 2.05) is 0 Å². The maximum Gasteiger partial charge on any atom is 0.271 e. The van der Waals surface area contributed by atoms with E-state index in [1.165, 1.54) is 6.26 Å². The zero-order valence-corrected chi connectivity index (χ0v) is 17.5. The number of carbonyl (C=O) groups excluding carboxylic acids is 1. The molecule has 3 rings (SSSR count). The number of likely N-dealkylation sites (N-methyl/N-ethyl adjacent to an activating group) is 1. The molecule has 1 aromatic rings. The van der Waals surface area contributed by atoms with E-state index in [-0.39, 0.29) is 11.9 Å². The van der Waals surface area contributed by atoms with Crippen LogP contribution < -0.4 is 0 Å². The highest BCUT2D eigenvalue weighted by molar-refractivity contribution is 7.88. The summed E-state index contributed by atoms with van der Waals surface area (Å²) in [6.07, 6.45) is 6.56. The maximum atomic E-state index is 12.5. The zero-order chi connectivity index (χ0) is 20.1. The van der Waals surface area contributed by atoms with Crippen molar-refractivity contribution in [3.8, 4) is 0 Å². The van der Waals surface area contributed by atoms with Crippen LogP contribution >= 0.6 is 0 Å².